The Bertz CT molecular complexity index is 2050. The molecule has 0 radical (unpaired) electrons. The number of aromatic nitrogens is 1. The lowest BCUT2D eigenvalue weighted by atomic mass is 9.47. The van der Waals surface area contributed by atoms with E-state index in [4.69, 9.17) is 9.47 Å². The van der Waals surface area contributed by atoms with Crippen LogP contribution in [0.3, 0.4) is 0 Å². The number of rotatable bonds is 18. The van der Waals surface area contributed by atoms with Gasteiger partial charge >= 0.3 is 0 Å². The number of aliphatic hydroxyl groups excluding tert-OH is 2. The van der Waals surface area contributed by atoms with Gasteiger partial charge in [0, 0.05) is 32.5 Å². The Hall–Kier alpha value is -3.69. The van der Waals surface area contributed by atoms with Crippen LogP contribution in [-0.2, 0) is 35.2 Å². The molecule has 2 aromatic rings. The first-order valence-electron chi connectivity index (χ1n) is 24.7. The third-order valence-electron chi connectivity index (χ3n) is 16.6. The Labute approximate surface area is 396 Å². The molecule has 3 saturated carbocycles. The second-order valence-corrected chi connectivity index (χ2v) is 22.7. The third kappa shape index (κ3) is 11.3. The fourth-order valence-corrected chi connectivity index (χ4v) is 13.7. The fourth-order valence-electron chi connectivity index (χ4n) is 12.9. The standard InChI is InChI=1S/C52H77N5O8S/c1-32(40-15-16-41-39-14-13-36-26-37(58)18-20-51(36,6)42(39)19-21-52(40,41)7)8-17-44(60)53-22-23-64-24-25-65-30-45(61)56-47(50(3,4)5)49(63)57-29-38(59)27-43(57)48(62)54-28-34-9-11-35(12-10-34)46-33(2)55-31-66-46/h9-13,31-32,37-43,47,58-59H,8,14-30H2,1-7H3,(H,53,60)(H,54,62)(H,56,61)/t32-,37+,38+,39+,40-,41+,42+,43?,47+,51+,52-/m1/s1. The second kappa shape index (κ2) is 21.3. The van der Waals surface area contributed by atoms with E-state index in [1.807, 2.05) is 57.5 Å². The Morgan fingerprint density at radius 3 is 2.42 bits per heavy atom. The number of benzene rings is 1. The number of aryl methyl sites for hydroxylation is 1. The van der Waals surface area contributed by atoms with Crippen molar-refractivity contribution in [1.29, 1.82) is 0 Å². The monoisotopic (exact) mass is 932 g/mol. The molecule has 1 unspecified atom stereocenters. The predicted octanol–water partition coefficient (Wildman–Crippen LogP) is 6.73. The molecule has 5 N–H and O–H groups in total. The molecule has 11 atom stereocenters. The van der Waals surface area contributed by atoms with E-state index >= 15 is 0 Å². The average Bonchev–Trinajstić information content (AvgIpc) is 4.00. The van der Waals surface area contributed by atoms with Gasteiger partial charge < -0.3 is 40.5 Å². The van der Waals surface area contributed by atoms with Gasteiger partial charge in [0.2, 0.25) is 23.6 Å². The Morgan fingerprint density at radius 2 is 1.70 bits per heavy atom. The summed E-state index contributed by atoms with van der Waals surface area (Å²) in [5.74, 6) is 2.10. The van der Waals surface area contributed by atoms with Crippen LogP contribution in [0.25, 0.3) is 10.4 Å². The van der Waals surface area contributed by atoms with Crippen molar-refractivity contribution < 1.29 is 38.9 Å². The summed E-state index contributed by atoms with van der Waals surface area (Å²) in [4.78, 5) is 60.1. The molecule has 1 aromatic heterocycles. The molecule has 4 aliphatic carbocycles. The number of carbonyl (C=O) groups is 4. The second-order valence-electron chi connectivity index (χ2n) is 21.9. The number of hydrogen-bond donors (Lipinski definition) is 5. The molecule has 66 heavy (non-hydrogen) atoms. The van der Waals surface area contributed by atoms with Gasteiger partial charge in [-0.15, -0.1) is 11.3 Å². The van der Waals surface area contributed by atoms with E-state index in [0.29, 0.717) is 36.8 Å². The van der Waals surface area contributed by atoms with Crippen LogP contribution in [0.4, 0.5) is 0 Å². The van der Waals surface area contributed by atoms with Crippen molar-refractivity contribution >= 4 is 35.0 Å². The van der Waals surface area contributed by atoms with E-state index in [0.717, 1.165) is 65.1 Å². The number of allylic oxidation sites excluding steroid dienone is 1. The van der Waals surface area contributed by atoms with Crippen LogP contribution in [0.1, 0.15) is 123 Å². The van der Waals surface area contributed by atoms with E-state index in [9.17, 15) is 29.4 Å². The topological polar surface area (TPSA) is 179 Å². The van der Waals surface area contributed by atoms with Crippen molar-refractivity contribution in [3.05, 3.63) is 52.7 Å². The SMILES string of the molecule is Cc1ncsc1-c1ccc(CNC(=O)C2C[C@H](O)CN2C(=O)[C@H](NC(=O)COCCOCCNC(=O)CC[C@@H](C)[C@H]2CC[C@H]3[C@@H]4CC=C5C[C@@H](O)CC[C@]5(C)[C@H]4CC[C@]23C)C(C)(C)C)cc1. The zero-order valence-corrected chi connectivity index (χ0v) is 41.4. The lowest BCUT2D eigenvalue weighted by molar-refractivity contribution is -0.144. The average molecular weight is 932 g/mol. The van der Waals surface area contributed by atoms with Crippen molar-refractivity contribution in [2.45, 2.75) is 150 Å². The summed E-state index contributed by atoms with van der Waals surface area (Å²) in [5, 5.41) is 29.7. The zero-order valence-electron chi connectivity index (χ0n) is 40.5. The van der Waals surface area contributed by atoms with Crippen LogP contribution >= 0.6 is 11.3 Å². The fraction of sp³-hybridized carbons (Fsp3) is 0.712. The number of fused-ring (bicyclic) bond motifs is 5. The highest BCUT2D eigenvalue weighted by Gasteiger charge is 2.59. The van der Waals surface area contributed by atoms with Crippen molar-refractivity contribution in [1.82, 2.24) is 25.8 Å². The summed E-state index contributed by atoms with van der Waals surface area (Å²) in [6.07, 6.45) is 12.1. The minimum absolute atomic E-state index is 0.0103. The highest BCUT2D eigenvalue weighted by atomic mass is 32.1. The predicted molar refractivity (Wildman–Crippen MR) is 256 cm³/mol. The van der Waals surface area contributed by atoms with E-state index < -0.39 is 35.4 Å². The number of β-amino-alcohol motifs (C(OH)–C–C–N with tert-alkyl or cyclic N) is 1. The molecule has 1 aliphatic heterocycles. The maximum Gasteiger partial charge on any atom is 0.246 e. The van der Waals surface area contributed by atoms with Crippen LogP contribution in [0.2, 0.25) is 0 Å². The van der Waals surface area contributed by atoms with Crippen LogP contribution in [0.5, 0.6) is 0 Å². The number of nitrogens with zero attached hydrogens (tertiary/aromatic N) is 2. The number of hydrogen-bond acceptors (Lipinski definition) is 10. The first kappa shape index (κ1) is 50.2. The lowest BCUT2D eigenvalue weighted by Crippen LogP contribution is -2.58. The zero-order chi connectivity index (χ0) is 47.4. The normalized spacial score (nSPS) is 30.3. The highest BCUT2D eigenvalue weighted by Crippen LogP contribution is 2.67. The summed E-state index contributed by atoms with van der Waals surface area (Å²) in [7, 11) is 0. The molecule has 0 bridgehead atoms. The summed E-state index contributed by atoms with van der Waals surface area (Å²) >= 11 is 1.58. The molecule has 4 amide bonds. The number of thiazole rings is 1. The van der Waals surface area contributed by atoms with Gasteiger partial charge in [-0.25, -0.2) is 4.98 Å². The molecule has 4 fully saturated rings. The molecule has 364 valence electrons. The van der Waals surface area contributed by atoms with Crippen LogP contribution in [0.15, 0.2) is 41.4 Å². The summed E-state index contributed by atoms with van der Waals surface area (Å²) in [5.41, 5.74) is 6.15. The molecule has 7 rings (SSSR count). The Kier molecular flexibility index (Phi) is 16.2. The van der Waals surface area contributed by atoms with Crippen molar-refractivity contribution in [3.8, 4) is 10.4 Å². The minimum Gasteiger partial charge on any atom is -0.393 e. The molecule has 1 saturated heterocycles. The third-order valence-corrected chi connectivity index (χ3v) is 17.5. The van der Waals surface area contributed by atoms with Gasteiger partial charge in [0.25, 0.3) is 0 Å². The number of likely N-dealkylation sites (tertiary alicyclic amines) is 1. The molecule has 1 aromatic carbocycles. The largest absolute Gasteiger partial charge is 0.393 e. The van der Waals surface area contributed by atoms with E-state index in [-0.39, 0.29) is 62.7 Å². The summed E-state index contributed by atoms with van der Waals surface area (Å²) in [6, 6.07) is 6.05. The quantitative estimate of drug-likeness (QED) is 0.0801. The number of ether oxygens (including phenoxy) is 2. The minimum atomic E-state index is -0.960. The summed E-state index contributed by atoms with van der Waals surface area (Å²) in [6.45, 7) is 16.0. The molecule has 14 heteroatoms. The molecule has 5 aliphatic rings. The van der Waals surface area contributed by atoms with Crippen molar-refractivity contribution in [2.24, 2.45) is 45.8 Å². The molecular formula is C52H77N5O8S. The molecule has 13 nitrogen and oxygen atoms in total. The van der Waals surface area contributed by atoms with Crippen LogP contribution in [-0.4, -0.2) is 108 Å². The van der Waals surface area contributed by atoms with Gasteiger partial charge in [-0.1, -0.05) is 77.5 Å². The van der Waals surface area contributed by atoms with Gasteiger partial charge in [0.1, 0.15) is 18.7 Å². The number of aliphatic hydroxyl groups is 2. The first-order chi connectivity index (χ1) is 31.4. The maximum atomic E-state index is 14.0. The smallest absolute Gasteiger partial charge is 0.246 e. The lowest BCUT2D eigenvalue weighted by Gasteiger charge is -2.58. The van der Waals surface area contributed by atoms with Gasteiger partial charge in [-0.2, -0.15) is 0 Å². The van der Waals surface area contributed by atoms with E-state index in [1.54, 1.807) is 11.3 Å². The first-order valence-corrected chi connectivity index (χ1v) is 25.6. The van der Waals surface area contributed by atoms with Gasteiger partial charge in [-0.05, 0) is 122 Å². The van der Waals surface area contributed by atoms with Gasteiger partial charge in [-0.3, -0.25) is 19.2 Å². The Morgan fingerprint density at radius 1 is 0.939 bits per heavy atom. The maximum absolute atomic E-state index is 14.0. The molecule has 2 heterocycles. The van der Waals surface area contributed by atoms with Crippen molar-refractivity contribution in [3.63, 3.8) is 0 Å². The van der Waals surface area contributed by atoms with Gasteiger partial charge in [0.15, 0.2) is 0 Å². The molecule has 0 spiro atoms. The molecular weight excluding hydrogens is 855 g/mol. The summed E-state index contributed by atoms with van der Waals surface area (Å²) < 4.78 is 11.3. The number of carbonyl (C=O) groups excluding carboxylic acids is 4. The number of amides is 4. The Balaban J connectivity index is 0.772. The number of nitrogens with one attached hydrogen (secondary N) is 3. The van der Waals surface area contributed by atoms with Gasteiger partial charge in [0.05, 0.1) is 48.1 Å². The van der Waals surface area contributed by atoms with Crippen molar-refractivity contribution in [2.75, 3.05) is 39.5 Å². The highest BCUT2D eigenvalue weighted by molar-refractivity contribution is 7.13. The van der Waals surface area contributed by atoms with Crippen LogP contribution in [0, 0.1) is 52.8 Å². The van der Waals surface area contributed by atoms with Crippen LogP contribution < -0.4 is 16.0 Å². The van der Waals surface area contributed by atoms with E-state index in [1.165, 1.54) is 42.6 Å². The van der Waals surface area contributed by atoms with E-state index in [2.05, 4.69) is 47.8 Å².